The Labute approximate surface area is 113 Å². The Kier molecular flexibility index (Phi) is 6.27. The SMILES string of the molecule is CCCNC(=O)C(C)NC(=O)C(=O)N1CCNCC1. The quantitative estimate of drug-likeness (QED) is 0.539. The lowest BCUT2D eigenvalue weighted by Crippen LogP contribution is -2.54. The minimum absolute atomic E-state index is 0.275. The first kappa shape index (κ1) is 15.4. The second-order valence-corrected chi connectivity index (χ2v) is 4.53. The number of nitrogens with one attached hydrogen (secondary N) is 3. The van der Waals surface area contributed by atoms with Gasteiger partial charge in [0.1, 0.15) is 6.04 Å². The molecule has 1 unspecified atom stereocenters. The summed E-state index contributed by atoms with van der Waals surface area (Å²) in [4.78, 5) is 36.6. The Morgan fingerprint density at radius 2 is 1.89 bits per heavy atom. The molecule has 0 aromatic rings. The van der Waals surface area contributed by atoms with Crippen molar-refractivity contribution >= 4 is 17.7 Å². The molecule has 0 spiro atoms. The molecule has 1 aliphatic heterocycles. The van der Waals surface area contributed by atoms with Crippen LogP contribution in [0.3, 0.4) is 0 Å². The van der Waals surface area contributed by atoms with Gasteiger partial charge < -0.3 is 20.9 Å². The number of nitrogens with zero attached hydrogens (tertiary/aromatic N) is 1. The van der Waals surface area contributed by atoms with Crippen LogP contribution in [0.4, 0.5) is 0 Å². The lowest BCUT2D eigenvalue weighted by atomic mass is 10.3. The fraction of sp³-hybridized carbons (Fsp3) is 0.750. The zero-order chi connectivity index (χ0) is 14.3. The van der Waals surface area contributed by atoms with Gasteiger partial charge in [-0.1, -0.05) is 6.92 Å². The summed E-state index contributed by atoms with van der Waals surface area (Å²) >= 11 is 0. The van der Waals surface area contributed by atoms with E-state index in [1.807, 2.05) is 6.92 Å². The zero-order valence-corrected chi connectivity index (χ0v) is 11.5. The average Bonchev–Trinajstić information content (AvgIpc) is 2.44. The Morgan fingerprint density at radius 1 is 1.26 bits per heavy atom. The fourth-order valence-corrected chi connectivity index (χ4v) is 1.74. The number of hydrogen-bond donors (Lipinski definition) is 3. The highest BCUT2D eigenvalue weighted by molar-refractivity contribution is 6.35. The van der Waals surface area contributed by atoms with Gasteiger partial charge in [0, 0.05) is 32.7 Å². The number of carbonyl (C=O) groups is 3. The topological polar surface area (TPSA) is 90.5 Å². The summed E-state index contributed by atoms with van der Waals surface area (Å²) in [5, 5.41) is 8.19. The van der Waals surface area contributed by atoms with Gasteiger partial charge in [-0.15, -0.1) is 0 Å². The van der Waals surface area contributed by atoms with Crippen LogP contribution in [-0.4, -0.2) is 61.4 Å². The molecule has 0 aromatic carbocycles. The first-order valence-electron chi connectivity index (χ1n) is 6.64. The van der Waals surface area contributed by atoms with E-state index in [1.165, 1.54) is 4.90 Å². The number of amides is 3. The molecule has 7 nitrogen and oxygen atoms in total. The van der Waals surface area contributed by atoms with Crippen LogP contribution in [0.25, 0.3) is 0 Å². The lowest BCUT2D eigenvalue weighted by Gasteiger charge is -2.27. The van der Waals surface area contributed by atoms with Gasteiger partial charge in [-0.2, -0.15) is 0 Å². The number of hydrogen-bond acceptors (Lipinski definition) is 4. The van der Waals surface area contributed by atoms with Crippen molar-refractivity contribution in [3.63, 3.8) is 0 Å². The molecule has 0 aliphatic carbocycles. The molecule has 1 aliphatic rings. The lowest BCUT2D eigenvalue weighted by molar-refractivity contribution is -0.147. The summed E-state index contributed by atoms with van der Waals surface area (Å²) in [5.74, 6) is -1.57. The predicted molar refractivity (Wildman–Crippen MR) is 70.4 cm³/mol. The van der Waals surface area contributed by atoms with E-state index in [1.54, 1.807) is 6.92 Å². The van der Waals surface area contributed by atoms with E-state index in [2.05, 4.69) is 16.0 Å². The summed E-state index contributed by atoms with van der Waals surface area (Å²) in [5.41, 5.74) is 0. The van der Waals surface area contributed by atoms with Crippen LogP contribution in [0.5, 0.6) is 0 Å². The summed E-state index contributed by atoms with van der Waals surface area (Å²) < 4.78 is 0. The van der Waals surface area contributed by atoms with Crippen LogP contribution in [-0.2, 0) is 14.4 Å². The third-order valence-corrected chi connectivity index (χ3v) is 2.89. The van der Waals surface area contributed by atoms with Gasteiger partial charge in [-0.3, -0.25) is 14.4 Å². The molecule has 1 rings (SSSR count). The molecule has 3 amide bonds. The van der Waals surface area contributed by atoms with Crippen molar-refractivity contribution in [3.05, 3.63) is 0 Å². The zero-order valence-electron chi connectivity index (χ0n) is 11.5. The predicted octanol–water partition coefficient (Wildman–Crippen LogP) is -1.55. The Bertz CT molecular complexity index is 340. The van der Waals surface area contributed by atoms with E-state index in [0.29, 0.717) is 32.7 Å². The normalized spacial score (nSPS) is 16.6. The van der Waals surface area contributed by atoms with E-state index in [-0.39, 0.29) is 5.91 Å². The van der Waals surface area contributed by atoms with Crippen molar-refractivity contribution in [2.24, 2.45) is 0 Å². The van der Waals surface area contributed by atoms with Crippen molar-refractivity contribution in [2.45, 2.75) is 26.3 Å². The van der Waals surface area contributed by atoms with Crippen LogP contribution in [0.15, 0.2) is 0 Å². The first-order valence-corrected chi connectivity index (χ1v) is 6.64. The maximum absolute atomic E-state index is 11.8. The molecular formula is C12H22N4O3. The van der Waals surface area contributed by atoms with Gasteiger partial charge >= 0.3 is 11.8 Å². The van der Waals surface area contributed by atoms with E-state index in [4.69, 9.17) is 0 Å². The molecule has 3 N–H and O–H groups in total. The second-order valence-electron chi connectivity index (χ2n) is 4.53. The Balaban J connectivity index is 2.40. The highest BCUT2D eigenvalue weighted by Crippen LogP contribution is 1.94. The summed E-state index contributed by atoms with van der Waals surface area (Å²) in [6, 6.07) is -0.703. The minimum atomic E-state index is -0.721. The van der Waals surface area contributed by atoms with Gasteiger partial charge in [0.05, 0.1) is 0 Å². The largest absolute Gasteiger partial charge is 0.354 e. The summed E-state index contributed by atoms with van der Waals surface area (Å²) in [6.45, 7) is 6.47. The van der Waals surface area contributed by atoms with Crippen molar-refractivity contribution < 1.29 is 14.4 Å². The van der Waals surface area contributed by atoms with E-state index in [9.17, 15) is 14.4 Å². The van der Waals surface area contributed by atoms with Crippen LogP contribution in [0.2, 0.25) is 0 Å². The number of piperazine rings is 1. The monoisotopic (exact) mass is 270 g/mol. The average molecular weight is 270 g/mol. The summed E-state index contributed by atoms with van der Waals surface area (Å²) in [7, 11) is 0. The molecule has 0 bridgehead atoms. The van der Waals surface area contributed by atoms with Crippen molar-refractivity contribution in [1.82, 2.24) is 20.9 Å². The molecule has 19 heavy (non-hydrogen) atoms. The molecule has 108 valence electrons. The Morgan fingerprint density at radius 3 is 2.47 bits per heavy atom. The molecule has 0 aromatic heterocycles. The van der Waals surface area contributed by atoms with E-state index >= 15 is 0 Å². The van der Waals surface area contributed by atoms with Crippen LogP contribution < -0.4 is 16.0 Å². The molecule has 1 atom stereocenters. The smallest absolute Gasteiger partial charge is 0.311 e. The molecule has 0 radical (unpaired) electrons. The molecule has 1 saturated heterocycles. The van der Waals surface area contributed by atoms with E-state index < -0.39 is 17.9 Å². The van der Waals surface area contributed by atoms with Crippen LogP contribution in [0, 0.1) is 0 Å². The molecular weight excluding hydrogens is 248 g/mol. The standard InChI is InChI=1S/C12H22N4O3/c1-3-4-14-10(17)9(2)15-11(18)12(19)16-7-5-13-6-8-16/h9,13H,3-8H2,1-2H3,(H,14,17)(H,15,18). The van der Waals surface area contributed by atoms with Crippen molar-refractivity contribution in [1.29, 1.82) is 0 Å². The highest BCUT2D eigenvalue weighted by atomic mass is 16.2. The third-order valence-electron chi connectivity index (χ3n) is 2.89. The number of rotatable bonds is 4. The summed E-state index contributed by atoms with van der Waals surface area (Å²) in [6.07, 6.45) is 0.826. The van der Waals surface area contributed by atoms with Crippen LogP contribution >= 0.6 is 0 Å². The van der Waals surface area contributed by atoms with Crippen molar-refractivity contribution in [3.8, 4) is 0 Å². The van der Waals surface area contributed by atoms with Gasteiger partial charge in [0.15, 0.2) is 0 Å². The molecule has 0 saturated carbocycles. The van der Waals surface area contributed by atoms with Crippen molar-refractivity contribution in [2.75, 3.05) is 32.7 Å². The molecule has 7 heteroatoms. The van der Waals surface area contributed by atoms with Crippen LogP contribution in [0.1, 0.15) is 20.3 Å². The maximum atomic E-state index is 11.8. The fourth-order valence-electron chi connectivity index (χ4n) is 1.74. The Hall–Kier alpha value is -1.63. The highest BCUT2D eigenvalue weighted by Gasteiger charge is 2.25. The van der Waals surface area contributed by atoms with Gasteiger partial charge in [0.2, 0.25) is 5.91 Å². The first-order chi connectivity index (χ1) is 9.06. The molecule has 1 heterocycles. The van der Waals surface area contributed by atoms with Gasteiger partial charge in [-0.05, 0) is 13.3 Å². The van der Waals surface area contributed by atoms with Gasteiger partial charge in [-0.25, -0.2) is 0 Å². The minimum Gasteiger partial charge on any atom is -0.354 e. The third kappa shape index (κ3) is 4.86. The second kappa shape index (κ2) is 7.73. The maximum Gasteiger partial charge on any atom is 0.311 e. The molecule has 1 fully saturated rings. The van der Waals surface area contributed by atoms with Gasteiger partial charge in [0.25, 0.3) is 0 Å². The number of carbonyl (C=O) groups excluding carboxylic acids is 3. The van der Waals surface area contributed by atoms with E-state index in [0.717, 1.165) is 6.42 Å².